The van der Waals surface area contributed by atoms with Crippen LogP contribution in [0.1, 0.15) is 48.6 Å². The summed E-state index contributed by atoms with van der Waals surface area (Å²) in [7, 11) is 2.02. The first-order valence-electron chi connectivity index (χ1n) is 7.92. The summed E-state index contributed by atoms with van der Waals surface area (Å²) in [4.78, 5) is 2.30. The number of rotatable bonds is 4. The van der Waals surface area contributed by atoms with Crippen LogP contribution in [0.25, 0.3) is 0 Å². The van der Waals surface area contributed by atoms with Crippen LogP contribution in [0.4, 0.5) is 0 Å². The topological polar surface area (TPSA) is 54.2 Å². The standard InChI is InChI=1S/C17H24N4O/c1-12(2)17-19-18-16(20(17)3)10-21-9-8-13-6-4-5-7-14(13)15(21)11-22/h4-7,12,15,22H,8-11H2,1-3H3. The molecule has 1 N–H and O–H groups in total. The molecule has 0 bridgehead atoms. The number of aliphatic hydroxyl groups is 1. The van der Waals surface area contributed by atoms with Gasteiger partial charge in [-0.2, -0.15) is 0 Å². The van der Waals surface area contributed by atoms with Crippen molar-refractivity contribution in [2.45, 2.75) is 38.8 Å². The van der Waals surface area contributed by atoms with Gasteiger partial charge in [-0.05, 0) is 17.5 Å². The van der Waals surface area contributed by atoms with Crippen LogP contribution in [-0.2, 0) is 20.0 Å². The number of hydrogen-bond acceptors (Lipinski definition) is 4. The molecule has 1 aromatic heterocycles. The fourth-order valence-electron chi connectivity index (χ4n) is 3.30. The summed E-state index contributed by atoms with van der Waals surface area (Å²) in [5.41, 5.74) is 2.58. The molecule has 118 valence electrons. The normalized spacial score (nSPS) is 18.7. The Balaban J connectivity index is 1.84. The highest BCUT2D eigenvalue weighted by Crippen LogP contribution is 2.30. The van der Waals surface area contributed by atoms with E-state index in [2.05, 4.69) is 51.7 Å². The molecule has 5 heteroatoms. The number of aliphatic hydroxyl groups excluding tert-OH is 1. The smallest absolute Gasteiger partial charge is 0.146 e. The lowest BCUT2D eigenvalue weighted by molar-refractivity contribution is 0.104. The molecule has 5 nitrogen and oxygen atoms in total. The molecule has 0 spiro atoms. The fraction of sp³-hybridized carbons (Fsp3) is 0.529. The number of fused-ring (bicyclic) bond motifs is 1. The molecule has 0 radical (unpaired) electrons. The van der Waals surface area contributed by atoms with Crippen LogP contribution in [0.15, 0.2) is 24.3 Å². The van der Waals surface area contributed by atoms with Gasteiger partial charge in [-0.1, -0.05) is 38.1 Å². The van der Waals surface area contributed by atoms with Crippen LogP contribution in [-0.4, -0.2) is 37.9 Å². The Morgan fingerprint density at radius 3 is 2.73 bits per heavy atom. The Labute approximate surface area is 131 Å². The van der Waals surface area contributed by atoms with E-state index in [9.17, 15) is 5.11 Å². The Morgan fingerprint density at radius 1 is 1.27 bits per heavy atom. The molecule has 1 atom stereocenters. The summed E-state index contributed by atoms with van der Waals surface area (Å²) in [6.07, 6.45) is 1.02. The maximum Gasteiger partial charge on any atom is 0.146 e. The second-order valence-corrected chi connectivity index (χ2v) is 6.31. The minimum Gasteiger partial charge on any atom is -0.394 e. The van der Waals surface area contributed by atoms with Crippen molar-refractivity contribution in [3.05, 3.63) is 47.0 Å². The van der Waals surface area contributed by atoms with Crippen molar-refractivity contribution < 1.29 is 5.11 Å². The molecule has 1 aliphatic heterocycles. The van der Waals surface area contributed by atoms with E-state index in [4.69, 9.17) is 0 Å². The van der Waals surface area contributed by atoms with Gasteiger partial charge in [0.2, 0.25) is 0 Å². The van der Waals surface area contributed by atoms with Crippen molar-refractivity contribution >= 4 is 0 Å². The molecule has 0 saturated carbocycles. The lowest BCUT2D eigenvalue weighted by atomic mass is 9.93. The van der Waals surface area contributed by atoms with Crippen molar-refractivity contribution in [2.24, 2.45) is 7.05 Å². The zero-order chi connectivity index (χ0) is 15.7. The van der Waals surface area contributed by atoms with Gasteiger partial charge in [0.15, 0.2) is 0 Å². The van der Waals surface area contributed by atoms with E-state index in [-0.39, 0.29) is 12.6 Å². The van der Waals surface area contributed by atoms with Crippen LogP contribution >= 0.6 is 0 Å². The highest BCUT2D eigenvalue weighted by molar-refractivity contribution is 5.32. The monoisotopic (exact) mass is 300 g/mol. The van der Waals surface area contributed by atoms with Gasteiger partial charge in [-0.25, -0.2) is 0 Å². The highest BCUT2D eigenvalue weighted by Gasteiger charge is 2.27. The Kier molecular flexibility index (Phi) is 4.27. The van der Waals surface area contributed by atoms with E-state index in [1.165, 1.54) is 11.1 Å². The van der Waals surface area contributed by atoms with E-state index in [1.807, 2.05) is 13.1 Å². The maximum absolute atomic E-state index is 9.86. The molecule has 2 heterocycles. The molecule has 0 amide bonds. The lowest BCUT2D eigenvalue weighted by Gasteiger charge is -2.35. The average Bonchev–Trinajstić information content (AvgIpc) is 2.88. The molecule has 0 aliphatic carbocycles. The second-order valence-electron chi connectivity index (χ2n) is 6.31. The van der Waals surface area contributed by atoms with Crippen molar-refractivity contribution in [3.63, 3.8) is 0 Å². The highest BCUT2D eigenvalue weighted by atomic mass is 16.3. The van der Waals surface area contributed by atoms with E-state index >= 15 is 0 Å². The van der Waals surface area contributed by atoms with Gasteiger partial charge in [-0.3, -0.25) is 4.90 Å². The molecule has 22 heavy (non-hydrogen) atoms. The summed E-state index contributed by atoms with van der Waals surface area (Å²) < 4.78 is 2.08. The molecular weight excluding hydrogens is 276 g/mol. The van der Waals surface area contributed by atoms with Gasteiger partial charge in [0.1, 0.15) is 11.6 Å². The van der Waals surface area contributed by atoms with Crippen LogP contribution in [0.2, 0.25) is 0 Å². The Morgan fingerprint density at radius 2 is 2.05 bits per heavy atom. The van der Waals surface area contributed by atoms with E-state index < -0.39 is 0 Å². The third kappa shape index (κ3) is 2.66. The largest absolute Gasteiger partial charge is 0.394 e. The molecule has 1 unspecified atom stereocenters. The first-order valence-corrected chi connectivity index (χ1v) is 7.92. The van der Waals surface area contributed by atoms with Gasteiger partial charge in [-0.15, -0.1) is 10.2 Å². The van der Waals surface area contributed by atoms with E-state index in [1.54, 1.807) is 0 Å². The summed E-state index contributed by atoms with van der Waals surface area (Å²) in [5.74, 6) is 2.33. The minimum absolute atomic E-state index is 0.0455. The summed E-state index contributed by atoms with van der Waals surface area (Å²) in [6.45, 7) is 6.04. The molecule has 0 saturated heterocycles. The van der Waals surface area contributed by atoms with Gasteiger partial charge < -0.3 is 9.67 Å². The quantitative estimate of drug-likeness (QED) is 0.939. The first-order chi connectivity index (χ1) is 10.6. The first kappa shape index (κ1) is 15.2. The summed E-state index contributed by atoms with van der Waals surface area (Å²) in [5, 5.41) is 18.5. The predicted molar refractivity (Wildman–Crippen MR) is 85.5 cm³/mol. The molecule has 1 aliphatic rings. The van der Waals surface area contributed by atoms with Crippen molar-refractivity contribution in [3.8, 4) is 0 Å². The average molecular weight is 300 g/mol. The number of hydrogen-bond donors (Lipinski definition) is 1. The van der Waals surface area contributed by atoms with E-state index in [0.717, 1.165) is 31.2 Å². The van der Waals surface area contributed by atoms with Crippen LogP contribution < -0.4 is 0 Å². The molecule has 3 rings (SSSR count). The number of benzene rings is 1. The molecule has 0 fully saturated rings. The van der Waals surface area contributed by atoms with Crippen molar-refractivity contribution in [1.82, 2.24) is 19.7 Å². The molecule has 2 aromatic rings. The number of aromatic nitrogens is 3. The van der Waals surface area contributed by atoms with Gasteiger partial charge in [0.05, 0.1) is 19.2 Å². The summed E-state index contributed by atoms with van der Waals surface area (Å²) in [6, 6.07) is 8.45. The van der Waals surface area contributed by atoms with Crippen LogP contribution in [0.5, 0.6) is 0 Å². The van der Waals surface area contributed by atoms with Crippen LogP contribution in [0, 0.1) is 0 Å². The zero-order valence-corrected chi connectivity index (χ0v) is 13.5. The van der Waals surface area contributed by atoms with E-state index in [0.29, 0.717) is 5.92 Å². The van der Waals surface area contributed by atoms with Crippen molar-refractivity contribution in [2.75, 3.05) is 13.2 Å². The van der Waals surface area contributed by atoms with Crippen molar-refractivity contribution in [1.29, 1.82) is 0 Å². The van der Waals surface area contributed by atoms with Gasteiger partial charge in [0, 0.05) is 19.5 Å². The van der Waals surface area contributed by atoms with Crippen LogP contribution in [0.3, 0.4) is 0 Å². The zero-order valence-electron chi connectivity index (χ0n) is 13.5. The third-order valence-corrected chi connectivity index (χ3v) is 4.56. The summed E-state index contributed by atoms with van der Waals surface area (Å²) >= 11 is 0. The maximum atomic E-state index is 9.86. The van der Waals surface area contributed by atoms with Gasteiger partial charge >= 0.3 is 0 Å². The SMILES string of the molecule is CC(C)c1nnc(CN2CCc3ccccc3C2CO)n1C. The Hall–Kier alpha value is -1.72. The fourth-order valence-corrected chi connectivity index (χ4v) is 3.30. The Bertz CT molecular complexity index is 650. The molecular formula is C17H24N4O. The predicted octanol–water partition coefficient (Wildman–Crippen LogP) is 2.03. The lowest BCUT2D eigenvalue weighted by Crippen LogP contribution is -2.37. The third-order valence-electron chi connectivity index (χ3n) is 4.56. The number of nitrogens with zero attached hydrogens (tertiary/aromatic N) is 4. The minimum atomic E-state index is 0.0455. The van der Waals surface area contributed by atoms with Gasteiger partial charge in [0.25, 0.3) is 0 Å². The molecule has 1 aromatic carbocycles. The second kappa shape index (κ2) is 6.18.